The lowest BCUT2D eigenvalue weighted by Crippen LogP contribution is -1.91. The number of benzene rings is 2. The minimum atomic E-state index is -0.982. The average molecular weight is 483 g/mol. The van der Waals surface area contributed by atoms with Crippen LogP contribution in [0.3, 0.4) is 0 Å². The molecule has 0 spiro atoms. The van der Waals surface area contributed by atoms with E-state index in [0.717, 1.165) is 35.9 Å². The Morgan fingerprint density at radius 2 is 1.40 bits per heavy atom. The standard InChI is InChI=1S/C15H18N2O3.C11H12O4/c1-4-5-14-16-15(20-17-14)9-7-11-6-8-12(18-2)13(10-11)19-3;1-14-9-5-3-8(4-6-11(12)13)7-10(9)15-2/h6-10H,4-5H2,1-3H3;3-7H,1-2H3,(H,12,13). The summed E-state index contributed by atoms with van der Waals surface area (Å²) in [6.07, 6.45) is 8.07. The number of aliphatic carboxylic acids is 1. The molecule has 186 valence electrons. The number of hydrogen-bond donors (Lipinski definition) is 1. The largest absolute Gasteiger partial charge is 0.493 e. The zero-order chi connectivity index (χ0) is 25.6. The van der Waals surface area contributed by atoms with Crippen molar-refractivity contribution in [1.29, 1.82) is 0 Å². The molecule has 0 aliphatic heterocycles. The highest BCUT2D eigenvalue weighted by atomic mass is 16.5. The maximum absolute atomic E-state index is 10.3. The van der Waals surface area contributed by atoms with Gasteiger partial charge in [0.25, 0.3) is 5.89 Å². The molecule has 2 aromatic carbocycles. The van der Waals surface area contributed by atoms with Gasteiger partial charge in [-0.25, -0.2) is 4.79 Å². The molecule has 35 heavy (non-hydrogen) atoms. The molecule has 0 saturated carbocycles. The topological polar surface area (TPSA) is 113 Å². The van der Waals surface area contributed by atoms with Gasteiger partial charge in [-0.2, -0.15) is 4.98 Å². The summed E-state index contributed by atoms with van der Waals surface area (Å²) in [5.74, 6) is 2.84. The maximum atomic E-state index is 10.3. The third kappa shape index (κ3) is 8.54. The number of carboxylic acids is 1. The van der Waals surface area contributed by atoms with Gasteiger partial charge in [0, 0.05) is 18.6 Å². The Hall–Kier alpha value is -4.27. The molecule has 0 aliphatic rings. The summed E-state index contributed by atoms with van der Waals surface area (Å²) < 4.78 is 25.7. The van der Waals surface area contributed by atoms with Crippen molar-refractivity contribution in [2.75, 3.05) is 28.4 Å². The summed E-state index contributed by atoms with van der Waals surface area (Å²) in [5, 5.41) is 12.4. The predicted molar refractivity (Wildman–Crippen MR) is 133 cm³/mol. The molecule has 0 radical (unpaired) electrons. The zero-order valence-corrected chi connectivity index (χ0v) is 20.5. The van der Waals surface area contributed by atoms with Gasteiger partial charge in [0.05, 0.1) is 28.4 Å². The predicted octanol–water partition coefficient (Wildman–Crippen LogP) is 5.01. The summed E-state index contributed by atoms with van der Waals surface area (Å²) in [4.78, 5) is 14.6. The second-order valence-corrected chi connectivity index (χ2v) is 7.03. The van der Waals surface area contributed by atoms with Crippen LogP contribution in [0.15, 0.2) is 47.0 Å². The van der Waals surface area contributed by atoms with E-state index >= 15 is 0 Å². The second-order valence-electron chi connectivity index (χ2n) is 7.03. The van der Waals surface area contributed by atoms with Gasteiger partial charge in [-0.15, -0.1) is 0 Å². The van der Waals surface area contributed by atoms with Gasteiger partial charge in [0.2, 0.25) is 0 Å². The molecule has 0 aliphatic carbocycles. The molecule has 9 nitrogen and oxygen atoms in total. The quantitative estimate of drug-likeness (QED) is 0.398. The smallest absolute Gasteiger partial charge is 0.328 e. The molecule has 1 aromatic heterocycles. The van der Waals surface area contributed by atoms with E-state index in [0.29, 0.717) is 28.9 Å². The van der Waals surface area contributed by atoms with Crippen molar-refractivity contribution in [3.63, 3.8) is 0 Å². The molecule has 0 fully saturated rings. The van der Waals surface area contributed by atoms with Crippen LogP contribution in [0.5, 0.6) is 23.0 Å². The number of ether oxygens (including phenoxy) is 4. The van der Waals surface area contributed by atoms with Crippen LogP contribution in [0.1, 0.15) is 36.2 Å². The Morgan fingerprint density at radius 1 is 0.857 bits per heavy atom. The number of hydrogen-bond acceptors (Lipinski definition) is 8. The minimum Gasteiger partial charge on any atom is -0.493 e. The van der Waals surface area contributed by atoms with E-state index in [2.05, 4.69) is 17.1 Å². The molecule has 9 heteroatoms. The number of carbonyl (C=O) groups is 1. The van der Waals surface area contributed by atoms with Gasteiger partial charge in [-0.3, -0.25) is 0 Å². The second kappa shape index (κ2) is 14.1. The Balaban J connectivity index is 0.000000258. The number of aryl methyl sites for hydroxylation is 1. The first-order valence-corrected chi connectivity index (χ1v) is 10.8. The van der Waals surface area contributed by atoms with E-state index in [-0.39, 0.29) is 0 Å². The molecule has 0 saturated heterocycles. The molecule has 3 rings (SSSR count). The van der Waals surface area contributed by atoms with Gasteiger partial charge in [0.1, 0.15) is 0 Å². The van der Waals surface area contributed by atoms with Crippen molar-refractivity contribution in [3.05, 3.63) is 65.3 Å². The van der Waals surface area contributed by atoms with Crippen molar-refractivity contribution in [3.8, 4) is 23.0 Å². The molecular weight excluding hydrogens is 452 g/mol. The summed E-state index contributed by atoms with van der Waals surface area (Å²) in [6, 6.07) is 10.9. The summed E-state index contributed by atoms with van der Waals surface area (Å²) in [5.41, 5.74) is 1.72. The van der Waals surface area contributed by atoms with Crippen LogP contribution in [0.2, 0.25) is 0 Å². The number of aromatic nitrogens is 2. The van der Waals surface area contributed by atoms with Crippen LogP contribution in [0.4, 0.5) is 0 Å². The minimum absolute atomic E-state index is 0.503. The third-order valence-electron chi connectivity index (χ3n) is 4.61. The van der Waals surface area contributed by atoms with E-state index in [1.165, 1.54) is 13.2 Å². The van der Waals surface area contributed by atoms with Crippen molar-refractivity contribution in [1.82, 2.24) is 10.1 Å². The highest BCUT2D eigenvalue weighted by molar-refractivity contribution is 5.85. The third-order valence-corrected chi connectivity index (χ3v) is 4.61. The van der Waals surface area contributed by atoms with Crippen LogP contribution >= 0.6 is 0 Å². The normalized spacial score (nSPS) is 10.7. The Kier molecular flexibility index (Phi) is 10.9. The van der Waals surface area contributed by atoms with E-state index < -0.39 is 5.97 Å². The lowest BCUT2D eigenvalue weighted by Gasteiger charge is -2.07. The molecule has 3 aromatic rings. The van der Waals surface area contributed by atoms with Crippen LogP contribution < -0.4 is 18.9 Å². The number of methoxy groups -OCH3 is 4. The first kappa shape index (κ1) is 27.0. The van der Waals surface area contributed by atoms with E-state index in [1.54, 1.807) is 45.6 Å². The molecule has 1 heterocycles. The number of rotatable bonds is 10. The van der Waals surface area contributed by atoms with Crippen molar-refractivity contribution < 1.29 is 33.4 Å². The fourth-order valence-corrected chi connectivity index (χ4v) is 2.91. The summed E-state index contributed by atoms with van der Waals surface area (Å²) in [6.45, 7) is 2.08. The first-order valence-electron chi connectivity index (χ1n) is 10.8. The number of carboxylic acid groups (broad SMARTS) is 1. The van der Waals surface area contributed by atoms with Crippen molar-refractivity contribution in [2.24, 2.45) is 0 Å². The molecule has 0 amide bonds. The lowest BCUT2D eigenvalue weighted by atomic mass is 10.2. The summed E-state index contributed by atoms with van der Waals surface area (Å²) in [7, 11) is 6.30. The fraction of sp³-hybridized carbons (Fsp3) is 0.269. The molecule has 1 N–H and O–H groups in total. The highest BCUT2D eigenvalue weighted by Gasteiger charge is 2.05. The van der Waals surface area contributed by atoms with Gasteiger partial charge in [-0.1, -0.05) is 24.2 Å². The number of nitrogens with zero attached hydrogens (tertiary/aromatic N) is 2. The zero-order valence-electron chi connectivity index (χ0n) is 20.5. The van der Waals surface area contributed by atoms with Crippen LogP contribution in [0, 0.1) is 0 Å². The Bertz CT molecular complexity index is 1150. The Labute approximate surface area is 204 Å². The van der Waals surface area contributed by atoms with E-state index in [4.69, 9.17) is 28.6 Å². The molecule has 0 unspecified atom stereocenters. The van der Waals surface area contributed by atoms with Crippen LogP contribution in [0.25, 0.3) is 18.2 Å². The van der Waals surface area contributed by atoms with Gasteiger partial charge in [0.15, 0.2) is 28.8 Å². The van der Waals surface area contributed by atoms with E-state index in [9.17, 15) is 4.79 Å². The molecule has 0 atom stereocenters. The Morgan fingerprint density at radius 3 is 1.89 bits per heavy atom. The van der Waals surface area contributed by atoms with Crippen molar-refractivity contribution >= 4 is 24.2 Å². The molecular formula is C26H30N2O7. The van der Waals surface area contributed by atoms with E-state index in [1.807, 2.05) is 24.3 Å². The van der Waals surface area contributed by atoms with Gasteiger partial charge in [-0.05, 0) is 54.0 Å². The SMILES string of the molecule is CCCc1noc(C=Cc2ccc(OC)c(OC)c2)n1.COc1ccc(C=CC(=O)O)cc1OC. The first-order chi connectivity index (χ1) is 16.9. The monoisotopic (exact) mass is 482 g/mol. The van der Waals surface area contributed by atoms with Crippen molar-refractivity contribution in [2.45, 2.75) is 19.8 Å². The van der Waals surface area contributed by atoms with Gasteiger partial charge >= 0.3 is 5.97 Å². The molecule has 0 bridgehead atoms. The van der Waals surface area contributed by atoms with Crippen LogP contribution in [-0.2, 0) is 11.2 Å². The lowest BCUT2D eigenvalue weighted by molar-refractivity contribution is -0.131. The van der Waals surface area contributed by atoms with Gasteiger partial charge < -0.3 is 28.6 Å². The maximum Gasteiger partial charge on any atom is 0.328 e. The average Bonchev–Trinajstić information content (AvgIpc) is 3.33. The fourth-order valence-electron chi connectivity index (χ4n) is 2.91. The summed E-state index contributed by atoms with van der Waals surface area (Å²) >= 11 is 0. The van der Waals surface area contributed by atoms with Crippen LogP contribution in [-0.4, -0.2) is 49.7 Å². The highest BCUT2D eigenvalue weighted by Crippen LogP contribution is 2.29.